The van der Waals surface area contributed by atoms with E-state index in [1.54, 1.807) is 6.07 Å². The molecule has 6 heteroatoms. The number of aryl methyl sites for hydroxylation is 3. The number of aromatic nitrogens is 3. The predicted octanol–water partition coefficient (Wildman–Crippen LogP) is 2.18. The van der Waals surface area contributed by atoms with Gasteiger partial charge >= 0.3 is 0 Å². The van der Waals surface area contributed by atoms with Gasteiger partial charge in [0.1, 0.15) is 5.69 Å². The van der Waals surface area contributed by atoms with Gasteiger partial charge in [0.15, 0.2) is 0 Å². The number of pyridine rings is 1. The van der Waals surface area contributed by atoms with Gasteiger partial charge in [-0.05, 0) is 59.2 Å². The molecule has 0 unspecified atom stereocenters. The van der Waals surface area contributed by atoms with Crippen LogP contribution < -0.4 is 10.9 Å². The third-order valence-electron chi connectivity index (χ3n) is 3.68. The summed E-state index contributed by atoms with van der Waals surface area (Å²) in [6.45, 7) is 11.9. The number of nitrogens with one attached hydrogen (secondary N) is 2. The summed E-state index contributed by atoms with van der Waals surface area (Å²) in [5.74, 6) is -0.282. The molecule has 1 amide bonds. The Labute approximate surface area is 135 Å². The number of hydrogen-bond donors (Lipinski definition) is 2. The summed E-state index contributed by atoms with van der Waals surface area (Å²) in [6.07, 6.45) is 0. The van der Waals surface area contributed by atoms with E-state index in [9.17, 15) is 9.59 Å². The molecule has 23 heavy (non-hydrogen) atoms. The highest BCUT2D eigenvalue weighted by molar-refractivity contribution is 5.92. The Hall–Kier alpha value is -2.37. The van der Waals surface area contributed by atoms with Crippen molar-refractivity contribution in [2.45, 2.75) is 53.6 Å². The van der Waals surface area contributed by atoms with Crippen molar-refractivity contribution < 1.29 is 4.79 Å². The van der Waals surface area contributed by atoms with E-state index < -0.39 is 0 Å². The Morgan fingerprint density at radius 3 is 2.43 bits per heavy atom. The number of H-pyrrole nitrogens is 1. The molecule has 0 aliphatic rings. The van der Waals surface area contributed by atoms with E-state index >= 15 is 0 Å². The Kier molecular flexibility index (Phi) is 4.45. The molecule has 2 aromatic rings. The molecule has 0 radical (unpaired) electrons. The van der Waals surface area contributed by atoms with E-state index in [1.165, 1.54) is 0 Å². The largest absolute Gasteiger partial charge is 0.346 e. The van der Waals surface area contributed by atoms with Crippen LogP contribution in [0.15, 0.2) is 16.9 Å². The Balaban J connectivity index is 2.17. The number of hydrogen-bond acceptors (Lipinski definition) is 3. The molecule has 0 fully saturated rings. The third-order valence-corrected chi connectivity index (χ3v) is 3.68. The highest BCUT2D eigenvalue weighted by atomic mass is 16.2. The van der Waals surface area contributed by atoms with Crippen LogP contribution in [0.25, 0.3) is 0 Å². The van der Waals surface area contributed by atoms with Crippen LogP contribution in [0.4, 0.5) is 0 Å². The first-order chi connectivity index (χ1) is 10.6. The van der Waals surface area contributed by atoms with Gasteiger partial charge < -0.3 is 10.3 Å². The first-order valence-electron chi connectivity index (χ1n) is 7.64. The van der Waals surface area contributed by atoms with E-state index in [1.807, 2.05) is 52.3 Å². The number of aromatic amines is 1. The van der Waals surface area contributed by atoms with Gasteiger partial charge in [-0.25, -0.2) is 0 Å². The molecule has 6 nitrogen and oxygen atoms in total. The average Bonchev–Trinajstić information content (AvgIpc) is 2.79. The summed E-state index contributed by atoms with van der Waals surface area (Å²) in [7, 11) is 0. The summed E-state index contributed by atoms with van der Waals surface area (Å²) < 4.78 is 1.83. The molecule has 2 aromatic heterocycles. The van der Waals surface area contributed by atoms with Crippen LogP contribution in [0, 0.1) is 20.8 Å². The van der Waals surface area contributed by atoms with Crippen molar-refractivity contribution in [3.8, 4) is 0 Å². The third kappa shape index (κ3) is 3.70. The lowest BCUT2D eigenvalue weighted by molar-refractivity contribution is 0.0944. The number of rotatable bonds is 3. The number of carbonyl (C=O) groups is 1. The fourth-order valence-electron chi connectivity index (χ4n) is 2.62. The van der Waals surface area contributed by atoms with Gasteiger partial charge in [0.25, 0.3) is 11.5 Å². The fraction of sp³-hybridized carbons (Fsp3) is 0.471. The molecule has 2 heterocycles. The van der Waals surface area contributed by atoms with Gasteiger partial charge in [-0.2, -0.15) is 5.10 Å². The van der Waals surface area contributed by atoms with Gasteiger partial charge in [0.05, 0.1) is 5.54 Å². The second-order valence-electron chi connectivity index (χ2n) is 6.88. The van der Waals surface area contributed by atoms with Crippen LogP contribution in [0.5, 0.6) is 0 Å². The van der Waals surface area contributed by atoms with E-state index in [0.29, 0.717) is 11.3 Å². The second-order valence-corrected chi connectivity index (χ2v) is 6.88. The number of carbonyl (C=O) groups excluding carboxylic acids is 1. The van der Waals surface area contributed by atoms with Gasteiger partial charge in [-0.15, -0.1) is 0 Å². The van der Waals surface area contributed by atoms with E-state index in [4.69, 9.17) is 0 Å². The van der Waals surface area contributed by atoms with Gasteiger partial charge in [-0.1, -0.05) is 0 Å². The summed E-state index contributed by atoms with van der Waals surface area (Å²) in [5, 5.41) is 7.14. The molecule has 0 saturated heterocycles. The molecular formula is C17H24N4O2. The maximum Gasteiger partial charge on any atom is 0.272 e. The van der Waals surface area contributed by atoms with Crippen molar-refractivity contribution in [2.24, 2.45) is 0 Å². The zero-order valence-corrected chi connectivity index (χ0v) is 14.6. The van der Waals surface area contributed by atoms with Gasteiger partial charge in [0.2, 0.25) is 0 Å². The fourth-order valence-corrected chi connectivity index (χ4v) is 2.62. The minimum absolute atomic E-state index is 0.167. The van der Waals surface area contributed by atoms with Crippen molar-refractivity contribution in [3.63, 3.8) is 0 Å². The Bertz CT molecular complexity index is 794. The highest BCUT2D eigenvalue weighted by Crippen LogP contribution is 2.16. The second kappa shape index (κ2) is 6.02. The standard InChI is InChI=1S/C17H24N4O2/c1-10-7-11(2)19-15(22)13(10)9-18-16(23)14-8-12(3)21(20-14)17(4,5)6/h7-8H,9H2,1-6H3,(H,18,23)(H,19,22). The van der Waals surface area contributed by atoms with Crippen molar-refractivity contribution in [1.82, 2.24) is 20.1 Å². The molecule has 124 valence electrons. The lowest BCUT2D eigenvalue weighted by Crippen LogP contribution is -2.29. The SMILES string of the molecule is Cc1cc(C)c(CNC(=O)c2cc(C)n(C(C)(C)C)n2)c(=O)[nH]1. The summed E-state index contributed by atoms with van der Waals surface area (Å²) in [5.41, 5.74) is 3.17. The molecule has 0 spiro atoms. The molecule has 0 bridgehead atoms. The smallest absolute Gasteiger partial charge is 0.272 e. The minimum atomic E-state index is -0.282. The lowest BCUT2D eigenvalue weighted by Gasteiger charge is -2.21. The molecule has 0 aliphatic heterocycles. The number of amides is 1. The first-order valence-corrected chi connectivity index (χ1v) is 7.64. The highest BCUT2D eigenvalue weighted by Gasteiger charge is 2.20. The Morgan fingerprint density at radius 2 is 1.91 bits per heavy atom. The van der Waals surface area contributed by atoms with E-state index in [-0.39, 0.29) is 23.6 Å². The number of nitrogens with zero attached hydrogens (tertiary/aromatic N) is 2. The summed E-state index contributed by atoms with van der Waals surface area (Å²) >= 11 is 0. The van der Waals surface area contributed by atoms with Crippen LogP contribution in [0.3, 0.4) is 0 Å². The van der Waals surface area contributed by atoms with Gasteiger partial charge in [0, 0.05) is 23.5 Å². The summed E-state index contributed by atoms with van der Waals surface area (Å²) in [4.78, 5) is 27.0. The quantitative estimate of drug-likeness (QED) is 0.911. The molecule has 0 atom stereocenters. The zero-order chi connectivity index (χ0) is 17.4. The molecule has 0 aromatic carbocycles. The van der Waals surface area contributed by atoms with Crippen LogP contribution in [0.1, 0.15) is 53.8 Å². The van der Waals surface area contributed by atoms with Crippen LogP contribution in [0.2, 0.25) is 0 Å². The maximum atomic E-state index is 12.3. The van der Waals surface area contributed by atoms with Crippen LogP contribution >= 0.6 is 0 Å². The molecular weight excluding hydrogens is 292 g/mol. The monoisotopic (exact) mass is 316 g/mol. The van der Waals surface area contributed by atoms with Gasteiger partial charge in [-0.3, -0.25) is 14.3 Å². The molecule has 0 saturated carbocycles. The average molecular weight is 316 g/mol. The lowest BCUT2D eigenvalue weighted by atomic mass is 10.1. The zero-order valence-electron chi connectivity index (χ0n) is 14.6. The van der Waals surface area contributed by atoms with E-state index in [0.717, 1.165) is 17.0 Å². The molecule has 2 rings (SSSR count). The maximum absolute atomic E-state index is 12.3. The van der Waals surface area contributed by atoms with Crippen LogP contribution in [-0.4, -0.2) is 20.7 Å². The van der Waals surface area contributed by atoms with Crippen molar-refractivity contribution >= 4 is 5.91 Å². The minimum Gasteiger partial charge on any atom is -0.346 e. The van der Waals surface area contributed by atoms with E-state index in [2.05, 4.69) is 15.4 Å². The molecule has 0 aliphatic carbocycles. The van der Waals surface area contributed by atoms with Crippen LogP contribution in [-0.2, 0) is 12.1 Å². The van der Waals surface area contributed by atoms with Crippen molar-refractivity contribution in [3.05, 3.63) is 50.7 Å². The van der Waals surface area contributed by atoms with Crippen molar-refractivity contribution in [2.75, 3.05) is 0 Å². The Morgan fingerprint density at radius 1 is 1.26 bits per heavy atom. The first kappa shape index (κ1) is 17.0. The summed E-state index contributed by atoms with van der Waals surface area (Å²) in [6, 6.07) is 3.65. The van der Waals surface area contributed by atoms with Crippen molar-refractivity contribution in [1.29, 1.82) is 0 Å². The molecule has 2 N–H and O–H groups in total. The normalized spacial score (nSPS) is 11.6. The topological polar surface area (TPSA) is 79.8 Å². The predicted molar refractivity (Wildman–Crippen MR) is 89.7 cm³/mol.